The van der Waals surface area contributed by atoms with E-state index in [0.717, 1.165) is 19.5 Å². The van der Waals surface area contributed by atoms with Crippen molar-refractivity contribution >= 4 is 29.9 Å². The number of hydrogen-bond acceptors (Lipinski definition) is 3. The number of halogens is 2. The van der Waals surface area contributed by atoms with Gasteiger partial charge in [0.1, 0.15) is 5.82 Å². The summed E-state index contributed by atoms with van der Waals surface area (Å²) in [6.07, 6.45) is 1.01. The zero-order valence-electron chi connectivity index (χ0n) is 12.6. The van der Waals surface area contributed by atoms with Gasteiger partial charge in [-0.25, -0.2) is 4.39 Å². The quantitative estimate of drug-likeness (QED) is 0.793. The van der Waals surface area contributed by atoms with Crippen LogP contribution < -0.4 is 16.0 Å². The van der Waals surface area contributed by atoms with Crippen LogP contribution in [0.25, 0.3) is 0 Å². The predicted molar refractivity (Wildman–Crippen MR) is 85.9 cm³/mol. The van der Waals surface area contributed by atoms with E-state index < -0.39 is 5.82 Å². The highest BCUT2D eigenvalue weighted by Crippen LogP contribution is 2.17. The molecule has 22 heavy (non-hydrogen) atoms. The summed E-state index contributed by atoms with van der Waals surface area (Å²) in [6, 6.07) is 4.01. The molecule has 2 rings (SSSR count). The molecule has 1 saturated heterocycles. The van der Waals surface area contributed by atoms with E-state index in [-0.39, 0.29) is 36.0 Å². The summed E-state index contributed by atoms with van der Waals surface area (Å²) >= 11 is 0. The van der Waals surface area contributed by atoms with Gasteiger partial charge in [0, 0.05) is 25.1 Å². The van der Waals surface area contributed by atoms with E-state index in [0.29, 0.717) is 11.5 Å². The lowest BCUT2D eigenvalue weighted by Crippen LogP contribution is -2.50. The molecule has 1 aromatic rings. The molecular formula is C15H21ClFN3O2. The van der Waals surface area contributed by atoms with Crippen LogP contribution >= 0.6 is 12.4 Å². The van der Waals surface area contributed by atoms with Gasteiger partial charge in [-0.3, -0.25) is 9.59 Å². The Morgan fingerprint density at radius 1 is 1.36 bits per heavy atom. The molecule has 0 aliphatic carbocycles. The number of carbonyl (C=O) groups is 2. The van der Waals surface area contributed by atoms with Crippen LogP contribution in [-0.4, -0.2) is 30.9 Å². The van der Waals surface area contributed by atoms with Gasteiger partial charge in [0.2, 0.25) is 5.91 Å². The first-order chi connectivity index (χ1) is 9.97. The smallest absolute Gasteiger partial charge is 0.251 e. The fourth-order valence-corrected chi connectivity index (χ4v) is 2.39. The number of benzene rings is 1. The summed E-state index contributed by atoms with van der Waals surface area (Å²) in [5.74, 6) is -0.807. The van der Waals surface area contributed by atoms with Crippen molar-refractivity contribution in [1.29, 1.82) is 0 Å². The van der Waals surface area contributed by atoms with Gasteiger partial charge in [0.25, 0.3) is 5.91 Å². The fraction of sp³-hybridized carbons (Fsp3) is 0.467. The number of hydrogen-bond donors (Lipinski definition) is 3. The van der Waals surface area contributed by atoms with Crippen molar-refractivity contribution in [2.45, 2.75) is 26.3 Å². The third-order valence-corrected chi connectivity index (χ3v) is 3.68. The standard InChI is InChI=1S/C15H20FN3O2.ClH/c1-9-5-6-17-8-14(9)19-15(21)11-3-4-12(16)13(7-11)18-10(2)20;/h3-4,7,9,14,17H,5-6,8H2,1-2H3,(H,18,20)(H,19,21);1H. The maximum Gasteiger partial charge on any atom is 0.251 e. The first-order valence-electron chi connectivity index (χ1n) is 7.06. The molecule has 0 bridgehead atoms. The van der Waals surface area contributed by atoms with Gasteiger partial charge < -0.3 is 16.0 Å². The molecule has 0 spiro atoms. The lowest BCUT2D eigenvalue weighted by atomic mass is 9.94. The van der Waals surface area contributed by atoms with Crippen LogP contribution in [0.5, 0.6) is 0 Å². The molecule has 0 saturated carbocycles. The third-order valence-electron chi connectivity index (χ3n) is 3.68. The fourth-order valence-electron chi connectivity index (χ4n) is 2.39. The van der Waals surface area contributed by atoms with E-state index in [1.165, 1.54) is 25.1 Å². The van der Waals surface area contributed by atoms with Gasteiger partial charge >= 0.3 is 0 Å². The van der Waals surface area contributed by atoms with Gasteiger partial charge in [-0.05, 0) is 37.1 Å². The van der Waals surface area contributed by atoms with E-state index in [4.69, 9.17) is 0 Å². The Labute approximate surface area is 135 Å². The lowest BCUT2D eigenvalue weighted by molar-refractivity contribution is -0.114. The van der Waals surface area contributed by atoms with E-state index in [9.17, 15) is 14.0 Å². The minimum Gasteiger partial charge on any atom is -0.348 e. The molecule has 1 fully saturated rings. The van der Waals surface area contributed by atoms with Crippen molar-refractivity contribution in [2.24, 2.45) is 5.92 Å². The van der Waals surface area contributed by atoms with Gasteiger partial charge in [-0.1, -0.05) is 6.92 Å². The Morgan fingerprint density at radius 2 is 2.09 bits per heavy atom. The monoisotopic (exact) mass is 329 g/mol. The van der Waals surface area contributed by atoms with Crippen LogP contribution in [0.15, 0.2) is 18.2 Å². The normalized spacial score (nSPS) is 20.7. The lowest BCUT2D eigenvalue weighted by Gasteiger charge is -2.30. The number of piperidine rings is 1. The van der Waals surface area contributed by atoms with Crippen molar-refractivity contribution in [3.8, 4) is 0 Å². The maximum absolute atomic E-state index is 13.6. The van der Waals surface area contributed by atoms with Crippen LogP contribution in [0, 0.1) is 11.7 Å². The maximum atomic E-state index is 13.6. The molecule has 2 unspecified atom stereocenters. The Hall–Kier alpha value is -1.66. The largest absolute Gasteiger partial charge is 0.348 e. The van der Waals surface area contributed by atoms with Gasteiger partial charge in [-0.15, -0.1) is 12.4 Å². The highest BCUT2D eigenvalue weighted by molar-refractivity contribution is 5.97. The van der Waals surface area contributed by atoms with E-state index in [1.807, 2.05) is 0 Å². The minimum atomic E-state index is -0.561. The Kier molecular flexibility index (Phi) is 6.77. The van der Waals surface area contributed by atoms with Crippen molar-refractivity contribution in [3.05, 3.63) is 29.6 Å². The third kappa shape index (κ3) is 4.68. The number of rotatable bonds is 3. The summed E-state index contributed by atoms with van der Waals surface area (Å²) < 4.78 is 13.6. The van der Waals surface area contributed by atoms with Crippen LogP contribution in [0.2, 0.25) is 0 Å². The molecule has 5 nitrogen and oxygen atoms in total. The van der Waals surface area contributed by atoms with Gasteiger partial charge in [0.05, 0.1) is 5.69 Å². The van der Waals surface area contributed by atoms with E-state index in [1.54, 1.807) is 0 Å². The van der Waals surface area contributed by atoms with Crippen LogP contribution in [0.1, 0.15) is 30.6 Å². The molecule has 1 heterocycles. The van der Waals surface area contributed by atoms with Crippen LogP contribution in [0.4, 0.5) is 10.1 Å². The van der Waals surface area contributed by atoms with E-state index in [2.05, 4.69) is 22.9 Å². The van der Waals surface area contributed by atoms with Crippen LogP contribution in [0.3, 0.4) is 0 Å². The molecule has 0 aromatic heterocycles. The van der Waals surface area contributed by atoms with Crippen molar-refractivity contribution < 1.29 is 14.0 Å². The second-order valence-electron chi connectivity index (χ2n) is 5.43. The zero-order chi connectivity index (χ0) is 15.4. The molecule has 7 heteroatoms. The number of amides is 2. The van der Waals surface area contributed by atoms with Gasteiger partial charge in [0.15, 0.2) is 0 Å². The number of carbonyl (C=O) groups excluding carboxylic acids is 2. The molecule has 2 amide bonds. The summed E-state index contributed by atoms with van der Waals surface area (Å²) in [4.78, 5) is 23.3. The second-order valence-corrected chi connectivity index (χ2v) is 5.43. The summed E-state index contributed by atoms with van der Waals surface area (Å²) in [5.41, 5.74) is 0.350. The van der Waals surface area contributed by atoms with Crippen molar-refractivity contribution in [1.82, 2.24) is 10.6 Å². The highest BCUT2D eigenvalue weighted by atomic mass is 35.5. The molecule has 3 N–H and O–H groups in total. The minimum absolute atomic E-state index is 0. The highest BCUT2D eigenvalue weighted by Gasteiger charge is 2.23. The first kappa shape index (κ1) is 18.4. The summed E-state index contributed by atoms with van der Waals surface area (Å²) in [6.45, 7) is 5.07. The van der Waals surface area contributed by atoms with E-state index >= 15 is 0 Å². The molecule has 0 radical (unpaired) electrons. The number of anilines is 1. The van der Waals surface area contributed by atoms with Crippen LogP contribution in [-0.2, 0) is 4.79 Å². The average molecular weight is 330 g/mol. The molecule has 1 aromatic carbocycles. The molecule has 1 aliphatic rings. The molecular weight excluding hydrogens is 309 g/mol. The predicted octanol–water partition coefficient (Wildman–Crippen LogP) is 1.93. The Balaban J connectivity index is 0.00000242. The topological polar surface area (TPSA) is 70.2 Å². The van der Waals surface area contributed by atoms with Crippen molar-refractivity contribution in [2.75, 3.05) is 18.4 Å². The summed E-state index contributed by atoms with van der Waals surface area (Å²) in [5, 5.41) is 8.56. The van der Waals surface area contributed by atoms with Crippen molar-refractivity contribution in [3.63, 3.8) is 0 Å². The Bertz CT molecular complexity index is 554. The first-order valence-corrected chi connectivity index (χ1v) is 7.06. The number of nitrogens with one attached hydrogen (secondary N) is 3. The summed E-state index contributed by atoms with van der Waals surface area (Å²) in [7, 11) is 0. The zero-order valence-corrected chi connectivity index (χ0v) is 13.4. The molecule has 1 aliphatic heterocycles. The Morgan fingerprint density at radius 3 is 2.73 bits per heavy atom. The van der Waals surface area contributed by atoms with Gasteiger partial charge in [-0.2, -0.15) is 0 Å². The average Bonchev–Trinajstić information content (AvgIpc) is 2.43. The molecule has 2 atom stereocenters. The SMILES string of the molecule is CC(=O)Nc1cc(C(=O)NC2CNCCC2C)ccc1F.Cl. The molecule has 122 valence electrons. The second kappa shape index (κ2) is 8.10.